The van der Waals surface area contributed by atoms with E-state index in [9.17, 15) is 4.79 Å². The van der Waals surface area contributed by atoms with Crippen molar-refractivity contribution in [2.24, 2.45) is 0 Å². The Bertz CT molecular complexity index is 1030. The zero-order chi connectivity index (χ0) is 20.4. The van der Waals surface area contributed by atoms with Crippen LogP contribution in [0.3, 0.4) is 0 Å². The Morgan fingerprint density at radius 2 is 2.07 bits per heavy atom. The number of fused-ring (bicyclic) bond motifs is 1. The van der Waals surface area contributed by atoms with Crippen molar-refractivity contribution in [2.45, 2.75) is 51.0 Å². The number of aryl methyl sites for hydroxylation is 1. The van der Waals surface area contributed by atoms with Gasteiger partial charge in [0, 0.05) is 11.4 Å². The smallest absolute Gasteiger partial charge is 0.234 e. The summed E-state index contributed by atoms with van der Waals surface area (Å²) >= 11 is 1.38. The first-order valence-electron chi connectivity index (χ1n) is 9.95. The molecule has 3 aromatic rings. The highest BCUT2D eigenvalue weighted by Crippen LogP contribution is 2.26. The minimum absolute atomic E-state index is 0.0545. The van der Waals surface area contributed by atoms with Crippen molar-refractivity contribution in [3.8, 4) is 5.82 Å². The van der Waals surface area contributed by atoms with E-state index in [-0.39, 0.29) is 11.7 Å². The Hall–Kier alpha value is -2.67. The van der Waals surface area contributed by atoms with Crippen LogP contribution in [0.5, 0.6) is 0 Å². The molecule has 0 unspecified atom stereocenters. The third-order valence-electron chi connectivity index (χ3n) is 5.20. The Kier molecular flexibility index (Phi) is 5.67. The Morgan fingerprint density at radius 1 is 1.21 bits per heavy atom. The highest BCUT2D eigenvalue weighted by atomic mass is 32.2. The summed E-state index contributed by atoms with van der Waals surface area (Å²) in [6.45, 7) is 6.36. The molecule has 150 valence electrons. The number of hydrogen-bond acceptors (Lipinski definition) is 5. The summed E-state index contributed by atoms with van der Waals surface area (Å²) in [5, 5.41) is 16.9. The van der Waals surface area contributed by atoms with E-state index < -0.39 is 0 Å². The van der Waals surface area contributed by atoms with Gasteiger partial charge in [-0.15, -0.1) is 10.2 Å². The Morgan fingerprint density at radius 3 is 2.79 bits per heavy atom. The fourth-order valence-electron chi connectivity index (χ4n) is 3.59. The van der Waals surface area contributed by atoms with Crippen molar-refractivity contribution in [1.82, 2.24) is 20.0 Å². The van der Waals surface area contributed by atoms with Crippen molar-refractivity contribution >= 4 is 23.4 Å². The summed E-state index contributed by atoms with van der Waals surface area (Å²) in [6.07, 6.45) is 3.32. The molecule has 4 rings (SSSR count). The van der Waals surface area contributed by atoms with E-state index in [4.69, 9.17) is 0 Å². The number of aromatic nitrogens is 4. The minimum Gasteiger partial charge on any atom is -0.325 e. The maximum atomic E-state index is 12.3. The molecule has 7 heteroatoms. The first kappa shape index (κ1) is 19.6. The van der Waals surface area contributed by atoms with Gasteiger partial charge < -0.3 is 5.32 Å². The third-order valence-corrected chi connectivity index (χ3v) is 6.12. The lowest BCUT2D eigenvalue weighted by Gasteiger charge is -2.09. The van der Waals surface area contributed by atoms with Crippen LogP contribution in [0.1, 0.15) is 48.7 Å². The molecule has 0 radical (unpaired) electrons. The van der Waals surface area contributed by atoms with Crippen LogP contribution in [0.15, 0.2) is 41.4 Å². The predicted molar refractivity (Wildman–Crippen MR) is 116 cm³/mol. The number of rotatable bonds is 6. The molecule has 0 atom stereocenters. The van der Waals surface area contributed by atoms with Crippen molar-refractivity contribution < 1.29 is 4.79 Å². The van der Waals surface area contributed by atoms with Gasteiger partial charge in [-0.25, -0.2) is 4.68 Å². The van der Waals surface area contributed by atoms with Crippen LogP contribution in [-0.4, -0.2) is 31.6 Å². The van der Waals surface area contributed by atoms with Gasteiger partial charge in [0.2, 0.25) is 5.91 Å². The molecule has 0 spiro atoms. The lowest BCUT2D eigenvalue weighted by atomic mass is 10.0. The number of carbonyl (C=O) groups is 1. The molecule has 1 amide bonds. The minimum atomic E-state index is -0.0545. The molecular weight excluding hydrogens is 382 g/mol. The molecule has 0 saturated heterocycles. The van der Waals surface area contributed by atoms with Gasteiger partial charge in [0.05, 0.1) is 11.4 Å². The van der Waals surface area contributed by atoms with Crippen LogP contribution in [-0.2, 0) is 17.6 Å². The normalized spacial score (nSPS) is 13.0. The molecule has 0 aliphatic heterocycles. The summed E-state index contributed by atoms with van der Waals surface area (Å²) in [5.41, 5.74) is 5.71. The average molecular weight is 408 g/mol. The second kappa shape index (κ2) is 8.37. The van der Waals surface area contributed by atoms with Gasteiger partial charge in [-0.3, -0.25) is 4.79 Å². The highest BCUT2D eigenvalue weighted by Gasteiger charge is 2.20. The lowest BCUT2D eigenvalue weighted by molar-refractivity contribution is -0.113. The van der Waals surface area contributed by atoms with E-state index in [0.29, 0.717) is 5.92 Å². The van der Waals surface area contributed by atoms with Crippen LogP contribution in [0.4, 0.5) is 5.69 Å². The number of hydrogen-bond donors (Lipinski definition) is 1. The number of nitrogens with one attached hydrogen (secondary N) is 1. The van der Waals surface area contributed by atoms with Gasteiger partial charge in [-0.2, -0.15) is 5.10 Å². The van der Waals surface area contributed by atoms with Gasteiger partial charge in [-0.1, -0.05) is 37.7 Å². The summed E-state index contributed by atoms with van der Waals surface area (Å²) in [4.78, 5) is 12.3. The summed E-state index contributed by atoms with van der Waals surface area (Å²) in [7, 11) is 0. The van der Waals surface area contributed by atoms with Crippen LogP contribution >= 0.6 is 11.8 Å². The largest absolute Gasteiger partial charge is 0.325 e. The van der Waals surface area contributed by atoms with Gasteiger partial charge in [0.15, 0.2) is 5.82 Å². The zero-order valence-corrected chi connectivity index (χ0v) is 17.8. The fourth-order valence-corrected chi connectivity index (χ4v) is 4.20. The molecule has 1 aromatic carbocycles. The molecule has 1 aliphatic carbocycles. The molecule has 0 fully saturated rings. The first-order valence-corrected chi connectivity index (χ1v) is 10.9. The number of thioether (sulfide) groups is 1. The van der Waals surface area contributed by atoms with E-state index in [1.54, 1.807) is 0 Å². The summed E-state index contributed by atoms with van der Waals surface area (Å²) in [6, 6.07) is 11.8. The molecule has 1 aliphatic rings. The van der Waals surface area contributed by atoms with Crippen molar-refractivity contribution in [3.05, 3.63) is 58.9 Å². The van der Waals surface area contributed by atoms with Gasteiger partial charge in [-0.05, 0) is 67.5 Å². The molecule has 1 N–H and O–H groups in total. The van der Waals surface area contributed by atoms with Crippen LogP contribution in [0.25, 0.3) is 5.82 Å². The third kappa shape index (κ3) is 4.34. The van der Waals surface area contributed by atoms with Crippen LogP contribution < -0.4 is 5.32 Å². The second-order valence-electron chi connectivity index (χ2n) is 7.62. The second-order valence-corrected chi connectivity index (χ2v) is 8.62. The van der Waals surface area contributed by atoms with E-state index in [0.717, 1.165) is 35.1 Å². The number of amides is 1. The first-order chi connectivity index (χ1) is 14.0. The molecule has 6 nitrogen and oxygen atoms in total. The molecule has 2 aromatic heterocycles. The van der Waals surface area contributed by atoms with Crippen LogP contribution in [0.2, 0.25) is 0 Å². The quantitative estimate of drug-likeness (QED) is 0.616. The zero-order valence-electron chi connectivity index (χ0n) is 17.0. The molecule has 0 saturated carbocycles. The standard InChI is InChI=1S/C22H25N5OS/c1-14(2)16-6-4-7-17(12-16)23-21(28)13-29-22-11-10-20(24-25-22)27-15(3)18-8-5-9-19(18)26-27/h4,6-7,10-12,14H,5,8-9,13H2,1-3H3,(H,23,28). The van der Waals surface area contributed by atoms with Gasteiger partial charge >= 0.3 is 0 Å². The maximum absolute atomic E-state index is 12.3. The molecule has 29 heavy (non-hydrogen) atoms. The van der Waals surface area contributed by atoms with Gasteiger partial charge in [0.25, 0.3) is 0 Å². The van der Waals surface area contributed by atoms with E-state index in [2.05, 4.69) is 47.5 Å². The number of anilines is 1. The maximum Gasteiger partial charge on any atom is 0.234 e. The average Bonchev–Trinajstić information content (AvgIpc) is 3.30. The fraction of sp³-hybridized carbons (Fsp3) is 0.364. The number of benzene rings is 1. The Labute approximate surface area is 175 Å². The van der Waals surface area contributed by atoms with Crippen molar-refractivity contribution in [3.63, 3.8) is 0 Å². The molecule has 0 bridgehead atoms. The predicted octanol–water partition coefficient (Wildman–Crippen LogP) is 4.31. The highest BCUT2D eigenvalue weighted by molar-refractivity contribution is 7.99. The van der Waals surface area contributed by atoms with Crippen molar-refractivity contribution in [2.75, 3.05) is 11.1 Å². The monoisotopic (exact) mass is 407 g/mol. The Balaban J connectivity index is 1.36. The van der Waals surface area contributed by atoms with Crippen molar-refractivity contribution in [1.29, 1.82) is 0 Å². The number of nitrogens with zero attached hydrogens (tertiary/aromatic N) is 4. The summed E-state index contributed by atoms with van der Waals surface area (Å²) < 4.78 is 1.87. The summed E-state index contributed by atoms with van der Waals surface area (Å²) in [5.74, 6) is 1.38. The van der Waals surface area contributed by atoms with E-state index in [1.807, 2.05) is 35.0 Å². The van der Waals surface area contributed by atoms with Crippen LogP contribution in [0, 0.1) is 6.92 Å². The van der Waals surface area contributed by atoms with E-state index in [1.165, 1.54) is 35.0 Å². The lowest BCUT2D eigenvalue weighted by Crippen LogP contribution is -2.14. The van der Waals surface area contributed by atoms with Gasteiger partial charge in [0.1, 0.15) is 5.03 Å². The topological polar surface area (TPSA) is 72.7 Å². The van der Waals surface area contributed by atoms with E-state index >= 15 is 0 Å². The SMILES string of the molecule is Cc1c2c(nn1-c1ccc(SCC(=O)Nc3cccc(C(C)C)c3)nn1)CCC2. The molecule has 2 heterocycles. The number of carbonyl (C=O) groups excluding carboxylic acids is 1. The molecular formula is C22H25N5OS.